The van der Waals surface area contributed by atoms with Crippen LogP contribution in [0.2, 0.25) is 0 Å². The molecule has 0 saturated carbocycles. The summed E-state index contributed by atoms with van der Waals surface area (Å²) >= 11 is 4.34. The Morgan fingerprint density at radius 3 is 2.00 bits per heavy atom. The Kier molecular flexibility index (Phi) is 4.87. The van der Waals surface area contributed by atoms with Crippen molar-refractivity contribution in [3.63, 3.8) is 0 Å². The van der Waals surface area contributed by atoms with E-state index in [1.165, 1.54) is 0 Å². The fourth-order valence-electron chi connectivity index (χ4n) is 1.48. The molecule has 3 nitrogen and oxygen atoms in total. The first-order valence-electron chi connectivity index (χ1n) is 5.35. The third-order valence-electron chi connectivity index (χ3n) is 2.41. The van der Waals surface area contributed by atoms with E-state index in [0.717, 1.165) is 24.4 Å². The molecule has 0 aromatic heterocycles. The number of nitriles is 1. The van der Waals surface area contributed by atoms with Crippen LogP contribution in [-0.4, -0.2) is 7.11 Å². The average molecular weight is 477 g/mol. The second kappa shape index (κ2) is 6.43. The molecule has 0 spiro atoms. The number of halogens is 2. The van der Waals surface area contributed by atoms with E-state index in [0.29, 0.717) is 5.56 Å². The Labute approximate surface area is 138 Å². The quantitative estimate of drug-likeness (QED) is 0.609. The maximum absolute atomic E-state index is 8.91. The van der Waals surface area contributed by atoms with Crippen molar-refractivity contribution in [2.75, 3.05) is 7.11 Å². The van der Waals surface area contributed by atoms with Gasteiger partial charge in [0.25, 0.3) is 0 Å². The number of ether oxygens (including phenoxy) is 2. The zero-order valence-corrected chi connectivity index (χ0v) is 14.3. The van der Waals surface area contributed by atoms with Crippen LogP contribution < -0.4 is 9.47 Å². The van der Waals surface area contributed by atoms with Gasteiger partial charge in [0.2, 0.25) is 0 Å². The number of hydrogen-bond donors (Lipinski definition) is 0. The summed E-state index contributed by atoms with van der Waals surface area (Å²) in [6.07, 6.45) is 0. The number of nitrogens with zero attached hydrogens (tertiary/aromatic N) is 1. The van der Waals surface area contributed by atoms with E-state index in [9.17, 15) is 0 Å². The molecule has 0 aliphatic carbocycles. The lowest BCUT2D eigenvalue weighted by Gasteiger charge is -2.10. The van der Waals surface area contributed by atoms with E-state index in [-0.39, 0.29) is 0 Å². The molecule has 5 heteroatoms. The highest BCUT2D eigenvalue weighted by atomic mass is 127. The normalized spacial score (nSPS) is 9.79. The molecule has 0 radical (unpaired) electrons. The van der Waals surface area contributed by atoms with Gasteiger partial charge in [0.15, 0.2) is 5.75 Å². The summed E-state index contributed by atoms with van der Waals surface area (Å²) in [5.41, 5.74) is 0.635. The van der Waals surface area contributed by atoms with Crippen LogP contribution in [0, 0.1) is 18.5 Å². The average Bonchev–Trinajstić information content (AvgIpc) is 2.43. The standard InChI is InChI=1S/C14H9I2NO2/c1-18-10-2-4-11(5-3-10)19-14-12(15)6-9(8-17)7-13(14)16/h2-7H,1H3. The molecule has 0 N–H and O–H groups in total. The van der Waals surface area contributed by atoms with Crippen LogP contribution in [0.4, 0.5) is 0 Å². The molecule has 0 saturated heterocycles. The Morgan fingerprint density at radius 2 is 1.53 bits per heavy atom. The molecule has 2 aromatic carbocycles. The van der Waals surface area contributed by atoms with Crippen molar-refractivity contribution in [1.82, 2.24) is 0 Å². The maximum atomic E-state index is 8.91. The van der Waals surface area contributed by atoms with Crippen molar-refractivity contribution < 1.29 is 9.47 Å². The Hall–Kier alpha value is -1.01. The summed E-state index contributed by atoms with van der Waals surface area (Å²) in [6.45, 7) is 0. The molecule has 2 rings (SSSR count). The summed E-state index contributed by atoms with van der Waals surface area (Å²) in [7, 11) is 1.63. The van der Waals surface area contributed by atoms with Gasteiger partial charge in [-0.05, 0) is 81.6 Å². The molecule has 0 atom stereocenters. The zero-order chi connectivity index (χ0) is 13.8. The molecule has 0 fully saturated rings. The van der Waals surface area contributed by atoms with E-state index in [1.807, 2.05) is 36.4 Å². The lowest BCUT2D eigenvalue weighted by Crippen LogP contribution is -1.92. The molecular formula is C14H9I2NO2. The molecule has 19 heavy (non-hydrogen) atoms. The Morgan fingerprint density at radius 1 is 1.00 bits per heavy atom. The topological polar surface area (TPSA) is 42.2 Å². The van der Waals surface area contributed by atoms with Crippen molar-refractivity contribution in [2.24, 2.45) is 0 Å². The van der Waals surface area contributed by atoms with Crippen molar-refractivity contribution in [3.05, 3.63) is 49.1 Å². The van der Waals surface area contributed by atoms with Crippen LogP contribution >= 0.6 is 45.2 Å². The summed E-state index contributed by atoms with van der Waals surface area (Å²) < 4.78 is 12.8. The Balaban J connectivity index is 2.30. The van der Waals surface area contributed by atoms with Crippen LogP contribution in [0.1, 0.15) is 5.56 Å². The number of rotatable bonds is 3. The van der Waals surface area contributed by atoms with Gasteiger partial charge in [-0.1, -0.05) is 0 Å². The summed E-state index contributed by atoms with van der Waals surface area (Å²) in [5, 5.41) is 8.91. The summed E-state index contributed by atoms with van der Waals surface area (Å²) in [6, 6.07) is 13.1. The van der Waals surface area contributed by atoms with Gasteiger partial charge >= 0.3 is 0 Å². The smallest absolute Gasteiger partial charge is 0.154 e. The molecule has 0 bridgehead atoms. The molecule has 0 unspecified atom stereocenters. The minimum atomic E-state index is 0.635. The van der Waals surface area contributed by atoms with Gasteiger partial charge in [-0.15, -0.1) is 0 Å². The molecule has 0 aliphatic heterocycles. The van der Waals surface area contributed by atoms with E-state index in [1.54, 1.807) is 7.11 Å². The number of benzene rings is 2. The molecule has 0 aliphatic rings. The molecular weight excluding hydrogens is 468 g/mol. The zero-order valence-electron chi connectivity index (χ0n) is 9.98. The van der Waals surface area contributed by atoms with E-state index in [4.69, 9.17) is 14.7 Å². The third kappa shape index (κ3) is 3.51. The van der Waals surface area contributed by atoms with E-state index in [2.05, 4.69) is 51.3 Å². The fraction of sp³-hybridized carbons (Fsp3) is 0.0714. The Bertz CT molecular complexity index is 610. The summed E-state index contributed by atoms with van der Waals surface area (Å²) in [4.78, 5) is 0. The van der Waals surface area contributed by atoms with Gasteiger partial charge < -0.3 is 9.47 Å². The van der Waals surface area contributed by atoms with Crippen molar-refractivity contribution >= 4 is 45.2 Å². The molecule has 96 valence electrons. The SMILES string of the molecule is COc1ccc(Oc2c(I)cc(C#N)cc2I)cc1. The van der Waals surface area contributed by atoms with Crippen LogP contribution in [0.3, 0.4) is 0 Å². The van der Waals surface area contributed by atoms with Crippen LogP contribution in [-0.2, 0) is 0 Å². The van der Waals surface area contributed by atoms with Gasteiger partial charge in [-0.2, -0.15) is 5.26 Å². The highest BCUT2D eigenvalue weighted by molar-refractivity contribution is 14.1. The predicted octanol–water partition coefficient (Wildman–Crippen LogP) is 4.57. The van der Waals surface area contributed by atoms with Crippen LogP contribution in [0.25, 0.3) is 0 Å². The molecule has 0 heterocycles. The number of hydrogen-bond acceptors (Lipinski definition) is 3. The first kappa shape index (κ1) is 14.4. The van der Waals surface area contributed by atoms with E-state index >= 15 is 0 Å². The van der Waals surface area contributed by atoms with Gasteiger partial charge in [0.05, 0.1) is 25.9 Å². The number of methoxy groups -OCH3 is 1. The lowest BCUT2D eigenvalue weighted by molar-refractivity contribution is 0.412. The first-order chi connectivity index (χ1) is 9.13. The predicted molar refractivity (Wildman–Crippen MR) is 89.7 cm³/mol. The van der Waals surface area contributed by atoms with Crippen molar-refractivity contribution in [1.29, 1.82) is 5.26 Å². The van der Waals surface area contributed by atoms with Gasteiger partial charge in [-0.3, -0.25) is 0 Å². The summed E-state index contributed by atoms with van der Waals surface area (Å²) in [5.74, 6) is 2.29. The largest absolute Gasteiger partial charge is 0.497 e. The maximum Gasteiger partial charge on any atom is 0.154 e. The van der Waals surface area contributed by atoms with Gasteiger partial charge in [-0.25, -0.2) is 0 Å². The first-order valence-corrected chi connectivity index (χ1v) is 7.51. The van der Waals surface area contributed by atoms with Crippen LogP contribution in [0.15, 0.2) is 36.4 Å². The monoisotopic (exact) mass is 477 g/mol. The molecule has 2 aromatic rings. The second-order valence-electron chi connectivity index (χ2n) is 3.66. The molecule has 0 amide bonds. The lowest BCUT2D eigenvalue weighted by atomic mass is 10.2. The highest BCUT2D eigenvalue weighted by Crippen LogP contribution is 2.33. The fourth-order valence-corrected chi connectivity index (χ4v) is 3.47. The van der Waals surface area contributed by atoms with Gasteiger partial charge in [0, 0.05) is 0 Å². The van der Waals surface area contributed by atoms with Gasteiger partial charge in [0.1, 0.15) is 11.5 Å². The second-order valence-corrected chi connectivity index (χ2v) is 5.98. The highest BCUT2D eigenvalue weighted by Gasteiger charge is 2.10. The third-order valence-corrected chi connectivity index (χ3v) is 4.01. The van der Waals surface area contributed by atoms with E-state index < -0.39 is 0 Å². The van der Waals surface area contributed by atoms with Crippen molar-refractivity contribution in [3.8, 4) is 23.3 Å². The minimum absolute atomic E-state index is 0.635. The van der Waals surface area contributed by atoms with Crippen molar-refractivity contribution in [2.45, 2.75) is 0 Å². The minimum Gasteiger partial charge on any atom is -0.497 e. The van der Waals surface area contributed by atoms with Crippen LogP contribution in [0.5, 0.6) is 17.2 Å².